The van der Waals surface area contributed by atoms with E-state index in [1.165, 1.54) is 0 Å². The normalized spacial score (nSPS) is 45.1. The van der Waals surface area contributed by atoms with Crippen LogP contribution in [0.2, 0.25) is 0 Å². The summed E-state index contributed by atoms with van der Waals surface area (Å²) in [5.74, 6) is -0.0771. The molecule has 3 heterocycles. The van der Waals surface area contributed by atoms with Gasteiger partial charge >= 0.3 is 0 Å². The molecule has 4 rings (SSSR count). The molecular weight excluding hydrogens is 395 g/mol. The fourth-order valence-corrected chi connectivity index (χ4v) is 5.69. The maximum Gasteiger partial charge on any atom is 0.253 e. The van der Waals surface area contributed by atoms with Crippen LogP contribution < -0.4 is 26.6 Å². The molecule has 0 amide bonds. The third-order valence-electron chi connectivity index (χ3n) is 7.26. The van der Waals surface area contributed by atoms with Crippen molar-refractivity contribution >= 4 is 0 Å². The Kier molecular flexibility index (Phi) is 7.37. The lowest BCUT2D eigenvalue weighted by Gasteiger charge is -2.45. The van der Waals surface area contributed by atoms with Crippen LogP contribution in [0, 0.1) is 11.8 Å². The van der Waals surface area contributed by atoms with Crippen LogP contribution in [-0.4, -0.2) is 69.5 Å². The molecule has 0 bridgehead atoms. The van der Waals surface area contributed by atoms with Crippen molar-refractivity contribution < 1.29 is 17.9 Å². The molecule has 4 aliphatic rings. The van der Waals surface area contributed by atoms with Crippen LogP contribution in [0.5, 0.6) is 0 Å². The maximum absolute atomic E-state index is 15.9. The molecule has 2 saturated heterocycles. The Hall–Kier alpha value is -0.710. The molecule has 0 aromatic heterocycles. The first kappa shape index (κ1) is 22.5. The predicted molar refractivity (Wildman–Crippen MR) is 110 cm³/mol. The lowest BCUT2D eigenvalue weighted by Crippen LogP contribution is -2.69. The summed E-state index contributed by atoms with van der Waals surface area (Å²) in [5.41, 5.74) is 0.938. The van der Waals surface area contributed by atoms with Gasteiger partial charge in [0.05, 0.1) is 18.3 Å². The molecule has 9 heteroatoms. The van der Waals surface area contributed by atoms with Crippen LogP contribution in [0.3, 0.4) is 0 Å². The van der Waals surface area contributed by atoms with E-state index in [2.05, 4.69) is 33.5 Å². The largest absolute Gasteiger partial charge is 0.377 e. The van der Waals surface area contributed by atoms with Crippen LogP contribution in [0.1, 0.15) is 39.0 Å². The van der Waals surface area contributed by atoms with Gasteiger partial charge in [0, 0.05) is 31.2 Å². The van der Waals surface area contributed by atoms with Gasteiger partial charge < -0.3 is 15.4 Å². The van der Waals surface area contributed by atoms with Crippen molar-refractivity contribution in [2.45, 2.75) is 88.3 Å². The number of halogens is 3. The van der Waals surface area contributed by atoms with Gasteiger partial charge in [-0.2, -0.15) is 0 Å². The number of hydrogen-bond donors (Lipinski definition) is 5. The summed E-state index contributed by atoms with van der Waals surface area (Å²) in [5, 5.41) is 16.5. The predicted octanol–water partition coefficient (Wildman–Crippen LogP) is 1.45. The summed E-state index contributed by atoms with van der Waals surface area (Å²) in [6.07, 6.45) is 1.67. The molecule has 3 aliphatic heterocycles. The van der Waals surface area contributed by atoms with E-state index in [-0.39, 0.29) is 30.5 Å². The lowest BCUT2D eigenvalue weighted by molar-refractivity contribution is -0.0264. The molecule has 1 aliphatic carbocycles. The van der Waals surface area contributed by atoms with Gasteiger partial charge in [-0.25, -0.2) is 13.2 Å². The van der Waals surface area contributed by atoms with Crippen LogP contribution in [0.15, 0.2) is 11.6 Å². The van der Waals surface area contributed by atoms with E-state index in [0.717, 1.165) is 24.8 Å². The average Bonchev–Trinajstić information content (AvgIpc) is 3.02. The molecule has 5 N–H and O–H groups in total. The standard InChI is InChI=1S/C21H36F3N5O/c1-11-9-16(25-2)29-21(27-11)28-15-10-13-6-8-30-19(13)17(18(15)22)12-3-4-14(20(23)24)26-7-5-12/h5,11,13-21,25-29H,3-4,6-10H2,1-2H3. The first-order valence-corrected chi connectivity index (χ1v) is 11.4. The molecule has 9 unspecified atom stereocenters. The summed E-state index contributed by atoms with van der Waals surface area (Å²) >= 11 is 0. The Morgan fingerprint density at radius 3 is 2.80 bits per heavy atom. The number of alkyl halides is 3. The van der Waals surface area contributed by atoms with E-state index in [1.54, 1.807) is 0 Å². The van der Waals surface area contributed by atoms with Crippen LogP contribution >= 0.6 is 0 Å². The van der Waals surface area contributed by atoms with Crippen molar-refractivity contribution in [1.29, 1.82) is 0 Å². The minimum absolute atomic E-state index is 0.149. The summed E-state index contributed by atoms with van der Waals surface area (Å²) in [4.78, 5) is 0. The second-order valence-electron chi connectivity index (χ2n) is 9.27. The second kappa shape index (κ2) is 9.83. The van der Waals surface area contributed by atoms with E-state index in [1.807, 2.05) is 13.1 Å². The minimum atomic E-state index is -2.40. The van der Waals surface area contributed by atoms with Gasteiger partial charge in [-0.05, 0) is 52.0 Å². The number of hydrogen-bond acceptors (Lipinski definition) is 6. The number of ether oxygens (including phenoxy) is 1. The summed E-state index contributed by atoms with van der Waals surface area (Å²) < 4.78 is 48.2. The van der Waals surface area contributed by atoms with Crippen molar-refractivity contribution in [2.24, 2.45) is 11.8 Å². The van der Waals surface area contributed by atoms with E-state index in [9.17, 15) is 8.78 Å². The lowest BCUT2D eigenvalue weighted by atomic mass is 9.70. The van der Waals surface area contributed by atoms with Gasteiger partial charge in [0.15, 0.2) is 0 Å². The van der Waals surface area contributed by atoms with Crippen LogP contribution in [0.4, 0.5) is 13.2 Å². The van der Waals surface area contributed by atoms with E-state index in [4.69, 9.17) is 4.74 Å². The Morgan fingerprint density at radius 2 is 2.03 bits per heavy atom. The highest BCUT2D eigenvalue weighted by molar-refractivity contribution is 5.19. The Balaban J connectivity index is 1.47. The third-order valence-corrected chi connectivity index (χ3v) is 7.26. The average molecular weight is 432 g/mol. The molecule has 0 spiro atoms. The smallest absolute Gasteiger partial charge is 0.253 e. The van der Waals surface area contributed by atoms with Crippen molar-refractivity contribution in [3.8, 4) is 0 Å². The van der Waals surface area contributed by atoms with E-state index in [0.29, 0.717) is 38.0 Å². The van der Waals surface area contributed by atoms with Crippen molar-refractivity contribution in [2.75, 3.05) is 20.2 Å². The van der Waals surface area contributed by atoms with E-state index < -0.39 is 18.6 Å². The SMILES string of the molecule is CNC1CC(C)NC(NC2CC3CCOC3C(C3=CCNC(C(F)F)CC3)C2F)N1. The van der Waals surface area contributed by atoms with Crippen LogP contribution in [-0.2, 0) is 4.74 Å². The molecular formula is C21H36F3N5O. The highest BCUT2D eigenvalue weighted by Gasteiger charge is 2.50. The Morgan fingerprint density at radius 1 is 1.20 bits per heavy atom. The molecule has 0 aromatic rings. The van der Waals surface area contributed by atoms with Crippen molar-refractivity contribution in [3.05, 3.63) is 11.6 Å². The molecule has 3 fully saturated rings. The first-order chi connectivity index (χ1) is 14.5. The Labute approximate surface area is 177 Å². The molecule has 0 radical (unpaired) electrons. The fraction of sp³-hybridized carbons (Fsp3) is 0.905. The number of fused-ring (bicyclic) bond motifs is 1. The molecule has 1 saturated carbocycles. The highest BCUT2D eigenvalue weighted by atomic mass is 19.3. The zero-order valence-electron chi connectivity index (χ0n) is 17.8. The quantitative estimate of drug-likeness (QED) is 0.425. The molecule has 0 aromatic carbocycles. The van der Waals surface area contributed by atoms with Gasteiger partial charge in [0.1, 0.15) is 12.5 Å². The van der Waals surface area contributed by atoms with Gasteiger partial charge in [-0.3, -0.25) is 16.0 Å². The van der Waals surface area contributed by atoms with Crippen molar-refractivity contribution in [1.82, 2.24) is 26.6 Å². The summed E-state index contributed by atoms with van der Waals surface area (Å²) in [7, 11) is 1.92. The zero-order chi connectivity index (χ0) is 21.3. The molecule has 6 nitrogen and oxygen atoms in total. The van der Waals surface area contributed by atoms with Gasteiger partial charge in [0.25, 0.3) is 6.43 Å². The zero-order valence-corrected chi connectivity index (χ0v) is 17.8. The number of nitrogens with one attached hydrogen (secondary N) is 5. The Bertz CT molecular complexity index is 609. The molecule has 9 atom stereocenters. The third kappa shape index (κ3) is 4.86. The van der Waals surface area contributed by atoms with Crippen LogP contribution in [0.25, 0.3) is 0 Å². The number of rotatable bonds is 5. The molecule has 30 heavy (non-hydrogen) atoms. The second-order valence-corrected chi connectivity index (χ2v) is 9.27. The van der Waals surface area contributed by atoms with E-state index >= 15 is 4.39 Å². The summed E-state index contributed by atoms with van der Waals surface area (Å²) in [6.45, 7) is 3.13. The first-order valence-electron chi connectivity index (χ1n) is 11.4. The summed E-state index contributed by atoms with van der Waals surface area (Å²) in [6, 6.07) is -0.831. The van der Waals surface area contributed by atoms with Gasteiger partial charge in [-0.15, -0.1) is 0 Å². The van der Waals surface area contributed by atoms with Gasteiger partial charge in [0.2, 0.25) is 0 Å². The van der Waals surface area contributed by atoms with Crippen molar-refractivity contribution in [3.63, 3.8) is 0 Å². The molecule has 172 valence electrons. The van der Waals surface area contributed by atoms with Gasteiger partial charge in [-0.1, -0.05) is 11.6 Å². The highest BCUT2D eigenvalue weighted by Crippen LogP contribution is 2.44. The topological polar surface area (TPSA) is 69.4 Å². The minimum Gasteiger partial charge on any atom is -0.377 e. The fourth-order valence-electron chi connectivity index (χ4n) is 5.69. The maximum atomic E-state index is 15.9. The monoisotopic (exact) mass is 431 g/mol.